The lowest BCUT2D eigenvalue weighted by Gasteiger charge is -2.14. The minimum absolute atomic E-state index is 0.291. The van der Waals surface area contributed by atoms with Gasteiger partial charge < -0.3 is 11.1 Å². The van der Waals surface area contributed by atoms with Crippen LogP contribution in [0.1, 0.15) is 37.6 Å². The molecule has 6 heteroatoms. The molecule has 0 saturated heterocycles. The molecule has 2 aromatic rings. The molecule has 2 aromatic heterocycles. The van der Waals surface area contributed by atoms with Crippen molar-refractivity contribution in [3.8, 4) is 5.82 Å². The second-order valence-corrected chi connectivity index (χ2v) is 5.11. The van der Waals surface area contributed by atoms with Gasteiger partial charge in [0.1, 0.15) is 18.0 Å². The van der Waals surface area contributed by atoms with Crippen LogP contribution in [0.4, 0.5) is 11.8 Å². The first-order valence-electron chi connectivity index (χ1n) is 7.22. The summed E-state index contributed by atoms with van der Waals surface area (Å²) < 4.78 is 2.05. The van der Waals surface area contributed by atoms with Crippen LogP contribution in [0.3, 0.4) is 0 Å². The van der Waals surface area contributed by atoms with Gasteiger partial charge in [-0.1, -0.05) is 6.92 Å². The van der Waals surface area contributed by atoms with E-state index in [0.717, 1.165) is 37.4 Å². The molecule has 0 spiro atoms. The summed E-state index contributed by atoms with van der Waals surface area (Å²) in [5.41, 5.74) is 8.27. The number of aromatic nitrogens is 4. The number of hydrogen-bond acceptors (Lipinski definition) is 5. The Labute approximate surface area is 118 Å². The lowest BCUT2D eigenvalue weighted by atomic mass is 10.0. The maximum atomic E-state index is 5.82. The normalized spacial score (nSPS) is 14.1. The third kappa shape index (κ3) is 2.45. The highest BCUT2D eigenvalue weighted by Crippen LogP contribution is 2.23. The van der Waals surface area contributed by atoms with Crippen LogP contribution in [0.25, 0.3) is 5.82 Å². The average molecular weight is 272 g/mol. The first-order chi connectivity index (χ1) is 9.78. The van der Waals surface area contributed by atoms with E-state index in [2.05, 4.69) is 27.2 Å². The van der Waals surface area contributed by atoms with Crippen molar-refractivity contribution < 1.29 is 0 Å². The lowest BCUT2D eigenvalue weighted by Crippen LogP contribution is -2.11. The molecule has 0 unspecified atom stereocenters. The summed E-state index contributed by atoms with van der Waals surface area (Å²) in [6.07, 6.45) is 7.43. The summed E-state index contributed by atoms with van der Waals surface area (Å²) in [7, 11) is 0. The first kappa shape index (κ1) is 12.9. The van der Waals surface area contributed by atoms with E-state index in [1.807, 2.05) is 17.0 Å². The number of rotatable bonds is 4. The molecular weight excluding hydrogens is 252 g/mol. The summed E-state index contributed by atoms with van der Waals surface area (Å²) in [5.74, 6) is 1.86. The van der Waals surface area contributed by atoms with Gasteiger partial charge in [0.05, 0.1) is 5.69 Å². The van der Waals surface area contributed by atoms with Gasteiger partial charge in [-0.15, -0.1) is 0 Å². The Bertz CT molecular complexity index is 604. The van der Waals surface area contributed by atoms with Crippen LogP contribution in [0.2, 0.25) is 0 Å². The Kier molecular flexibility index (Phi) is 3.54. The van der Waals surface area contributed by atoms with Crippen LogP contribution in [-0.4, -0.2) is 26.1 Å². The molecule has 20 heavy (non-hydrogen) atoms. The highest BCUT2D eigenvalue weighted by Gasteiger charge is 2.17. The summed E-state index contributed by atoms with van der Waals surface area (Å²) in [5, 5.41) is 3.25. The highest BCUT2D eigenvalue weighted by molar-refractivity contribution is 5.46. The molecule has 1 aliphatic rings. The summed E-state index contributed by atoms with van der Waals surface area (Å²) in [6, 6.07) is 1.93. The van der Waals surface area contributed by atoms with Gasteiger partial charge in [0, 0.05) is 18.3 Å². The zero-order valence-electron chi connectivity index (χ0n) is 11.8. The van der Waals surface area contributed by atoms with Gasteiger partial charge in [-0.05, 0) is 32.1 Å². The number of imidazole rings is 1. The molecule has 3 N–H and O–H groups in total. The first-order valence-corrected chi connectivity index (χ1v) is 7.22. The van der Waals surface area contributed by atoms with Crippen LogP contribution >= 0.6 is 0 Å². The van der Waals surface area contributed by atoms with Crippen molar-refractivity contribution >= 4 is 11.8 Å². The Balaban J connectivity index is 1.97. The molecule has 0 saturated carbocycles. The molecule has 0 radical (unpaired) electrons. The summed E-state index contributed by atoms with van der Waals surface area (Å²) in [6.45, 7) is 2.99. The number of fused-ring (bicyclic) bond motifs is 1. The Hall–Kier alpha value is -2.11. The van der Waals surface area contributed by atoms with E-state index in [1.54, 1.807) is 0 Å². The molecule has 0 aromatic carbocycles. The lowest BCUT2D eigenvalue weighted by molar-refractivity contribution is 0.654. The van der Waals surface area contributed by atoms with Gasteiger partial charge >= 0.3 is 0 Å². The molecule has 2 heterocycles. The molecule has 0 aliphatic heterocycles. The number of nitrogens with one attached hydrogen (secondary N) is 1. The van der Waals surface area contributed by atoms with Crippen molar-refractivity contribution in [2.45, 2.75) is 39.0 Å². The predicted octanol–water partition coefficient (Wildman–Crippen LogP) is 1.95. The molecule has 0 amide bonds. The minimum atomic E-state index is 0.291. The quantitative estimate of drug-likeness (QED) is 0.889. The fourth-order valence-electron chi connectivity index (χ4n) is 2.59. The largest absolute Gasteiger partial charge is 0.370 e. The fourth-order valence-corrected chi connectivity index (χ4v) is 2.59. The van der Waals surface area contributed by atoms with Crippen molar-refractivity contribution in [2.24, 2.45) is 0 Å². The van der Waals surface area contributed by atoms with E-state index in [9.17, 15) is 0 Å². The van der Waals surface area contributed by atoms with E-state index < -0.39 is 0 Å². The van der Waals surface area contributed by atoms with E-state index in [4.69, 9.17) is 5.73 Å². The molecule has 0 atom stereocenters. The predicted molar refractivity (Wildman–Crippen MR) is 79.0 cm³/mol. The maximum absolute atomic E-state index is 5.82. The fraction of sp³-hybridized carbons (Fsp3) is 0.500. The Morgan fingerprint density at radius 1 is 1.30 bits per heavy atom. The molecule has 3 rings (SSSR count). The standard InChI is InChI=1S/C14H20N6/c1-2-7-16-12-8-13(19-14(15)18-12)20-9-17-10-5-3-4-6-11(10)20/h8-9H,2-7H2,1H3,(H3,15,16,18,19). The van der Waals surface area contributed by atoms with Crippen LogP contribution < -0.4 is 11.1 Å². The Morgan fingerprint density at radius 2 is 2.15 bits per heavy atom. The van der Waals surface area contributed by atoms with Crippen molar-refractivity contribution in [1.82, 2.24) is 19.5 Å². The van der Waals surface area contributed by atoms with Gasteiger partial charge in [0.2, 0.25) is 5.95 Å². The van der Waals surface area contributed by atoms with Crippen LogP contribution in [0.15, 0.2) is 12.4 Å². The zero-order chi connectivity index (χ0) is 13.9. The van der Waals surface area contributed by atoms with Gasteiger partial charge in [-0.25, -0.2) is 4.98 Å². The number of nitrogens with two attached hydrogens (primary N) is 1. The second-order valence-electron chi connectivity index (χ2n) is 5.11. The summed E-state index contributed by atoms with van der Waals surface area (Å²) >= 11 is 0. The van der Waals surface area contributed by atoms with Gasteiger partial charge in [0.15, 0.2) is 0 Å². The van der Waals surface area contributed by atoms with E-state index in [1.165, 1.54) is 24.2 Å². The molecule has 106 valence electrons. The van der Waals surface area contributed by atoms with Gasteiger partial charge in [0.25, 0.3) is 0 Å². The second kappa shape index (κ2) is 5.48. The van der Waals surface area contributed by atoms with Crippen molar-refractivity contribution in [2.75, 3.05) is 17.6 Å². The third-order valence-electron chi connectivity index (χ3n) is 3.56. The SMILES string of the molecule is CCCNc1cc(-n2cnc3c2CCCC3)nc(N)n1. The van der Waals surface area contributed by atoms with Crippen molar-refractivity contribution in [3.63, 3.8) is 0 Å². The minimum Gasteiger partial charge on any atom is -0.370 e. The maximum Gasteiger partial charge on any atom is 0.223 e. The van der Waals surface area contributed by atoms with E-state index in [0.29, 0.717) is 5.95 Å². The van der Waals surface area contributed by atoms with Crippen molar-refractivity contribution in [3.05, 3.63) is 23.8 Å². The highest BCUT2D eigenvalue weighted by atomic mass is 15.2. The number of nitrogens with zero attached hydrogens (tertiary/aromatic N) is 4. The molecular formula is C14H20N6. The molecule has 0 bridgehead atoms. The molecule has 0 fully saturated rings. The zero-order valence-corrected chi connectivity index (χ0v) is 11.8. The van der Waals surface area contributed by atoms with E-state index in [-0.39, 0.29) is 0 Å². The monoisotopic (exact) mass is 272 g/mol. The summed E-state index contributed by atoms with van der Waals surface area (Å²) in [4.78, 5) is 13.1. The Morgan fingerprint density at radius 3 is 3.00 bits per heavy atom. The smallest absolute Gasteiger partial charge is 0.223 e. The average Bonchev–Trinajstić information content (AvgIpc) is 2.88. The van der Waals surface area contributed by atoms with Crippen LogP contribution in [0, 0.1) is 0 Å². The number of anilines is 2. The number of aryl methyl sites for hydroxylation is 1. The topological polar surface area (TPSA) is 81.7 Å². The van der Waals surface area contributed by atoms with E-state index >= 15 is 0 Å². The molecule has 6 nitrogen and oxygen atoms in total. The third-order valence-corrected chi connectivity index (χ3v) is 3.56. The van der Waals surface area contributed by atoms with Crippen molar-refractivity contribution in [1.29, 1.82) is 0 Å². The number of nitrogen functional groups attached to an aromatic ring is 1. The van der Waals surface area contributed by atoms with Crippen LogP contribution in [0.5, 0.6) is 0 Å². The molecule has 1 aliphatic carbocycles. The van der Waals surface area contributed by atoms with Crippen LogP contribution in [-0.2, 0) is 12.8 Å². The van der Waals surface area contributed by atoms with Gasteiger partial charge in [-0.3, -0.25) is 4.57 Å². The number of hydrogen-bond donors (Lipinski definition) is 2. The van der Waals surface area contributed by atoms with Gasteiger partial charge in [-0.2, -0.15) is 9.97 Å².